The van der Waals surface area contributed by atoms with E-state index >= 15 is 0 Å². The number of methoxy groups -OCH3 is 1. The topological polar surface area (TPSA) is 47.6 Å². The zero-order chi connectivity index (χ0) is 12.3. The van der Waals surface area contributed by atoms with Crippen molar-refractivity contribution in [1.82, 2.24) is 5.32 Å². The zero-order valence-corrected chi connectivity index (χ0v) is 10.1. The predicted molar refractivity (Wildman–Crippen MR) is 63.9 cm³/mol. The minimum atomic E-state index is -0.184. The second kappa shape index (κ2) is 5.19. The molecule has 0 amide bonds. The summed E-state index contributed by atoms with van der Waals surface area (Å²) in [7, 11) is 1.64. The standard InChI is InChI=1S/C13H17NO3/c1-9(14-12-6-7-17-13(12)15)10-4-3-5-11(8-10)16-2/h3-5,8-9,12,14H,6-7H2,1-2H3. The van der Waals surface area contributed by atoms with Crippen LogP contribution in [0.4, 0.5) is 0 Å². The Labute approximate surface area is 101 Å². The van der Waals surface area contributed by atoms with E-state index in [2.05, 4.69) is 5.32 Å². The minimum Gasteiger partial charge on any atom is -0.497 e. The maximum atomic E-state index is 11.4. The quantitative estimate of drug-likeness (QED) is 0.806. The Morgan fingerprint density at radius 1 is 1.53 bits per heavy atom. The van der Waals surface area contributed by atoms with Crippen LogP contribution in [0.1, 0.15) is 24.9 Å². The van der Waals surface area contributed by atoms with Gasteiger partial charge in [-0.1, -0.05) is 12.1 Å². The molecule has 2 unspecified atom stereocenters. The first kappa shape index (κ1) is 11.9. The van der Waals surface area contributed by atoms with E-state index in [0.29, 0.717) is 6.61 Å². The van der Waals surface area contributed by atoms with Gasteiger partial charge in [-0.3, -0.25) is 10.1 Å². The minimum absolute atomic E-state index is 0.0979. The van der Waals surface area contributed by atoms with Crippen molar-refractivity contribution in [3.05, 3.63) is 29.8 Å². The maximum absolute atomic E-state index is 11.4. The van der Waals surface area contributed by atoms with Gasteiger partial charge in [0, 0.05) is 12.5 Å². The van der Waals surface area contributed by atoms with Gasteiger partial charge in [0.25, 0.3) is 0 Å². The summed E-state index contributed by atoms with van der Waals surface area (Å²) in [6, 6.07) is 7.74. The van der Waals surface area contributed by atoms with Crippen LogP contribution in [-0.4, -0.2) is 25.7 Å². The third kappa shape index (κ3) is 2.77. The van der Waals surface area contributed by atoms with E-state index in [4.69, 9.17) is 9.47 Å². The highest BCUT2D eigenvalue weighted by molar-refractivity contribution is 5.77. The molecule has 1 N–H and O–H groups in total. The largest absolute Gasteiger partial charge is 0.497 e. The molecule has 1 aliphatic rings. The highest BCUT2D eigenvalue weighted by Crippen LogP contribution is 2.20. The highest BCUT2D eigenvalue weighted by Gasteiger charge is 2.27. The van der Waals surface area contributed by atoms with E-state index in [1.807, 2.05) is 31.2 Å². The first-order chi connectivity index (χ1) is 8.20. The third-order valence-electron chi connectivity index (χ3n) is 2.98. The first-order valence-electron chi connectivity index (χ1n) is 5.77. The van der Waals surface area contributed by atoms with Crippen molar-refractivity contribution in [1.29, 1.82) is 0 Å². The monoisotopic (exact) mass is 235 g/mol. The van der Waals surface area contributed by atoms with Crippen LogP contribution in [0.2, 0.25) is 0 Å². The van der Waals surface area contributed by atoms with Gasteiger partial charge in [0.1, 0.15) is 11.8 Å². The summed E-state index contributed by atoms with van der Waals surface area (Å²) in [5, 5.41) is 3.27. The second-order valence-corrected chi connectivity index (χ2v) is 4.17. The molecule has 1 aromatic carbocycles. The molecule has 1 aromatic rings. The van der Waals surface area contributed by atoms with Gasteiger partial charge in [0.15, 0.2) is 0 Å². The molecule has 1 aliphatic heterocycles. The number of carbonyl (C=O) groups excluding carboxylic acids is 1. The van der Waals surface area contributed by atoms with Crippen molar-refractivity contribution in [2.24, 2.45) is 0 Å². The molecule has 0 spiro atoms. The first-order valence-corrected chi connectivity index (χ1v) is 5.77. The van der Waals surface area contributed by atoms with Crippen LogP contribution in [0.15, 0.2) is 24.3 Å². The lowest BCUT2D eigenvalue weighted by molar-refractivity contribution is -0.139. The summed E-state index contributed by atoms with van der Waals surface area (Å²) in [5.41, 5.74) is 1.10. The smallest absolute Gasteiger partial charge is 0.323 e. The van der Waals surface area contributed by atoms with Crippen molar-refractivity contribution in [2.75, 3.05) is 13.7 Å². The summed E-state index contributed by atoms with van der Waals surface area (Å²) in [5.74, 6) is 0.671. The zero-order valence-electron chi connectivity index (χ0n) is 10.1. The lowest BCUT2D eigenvalue weighted by Crippen LogP contribution is -2.35. The van der Waals surface area contributed by atoms with E-state index in [9.17, 15) is 4.79 Å². The molecule has 2 atom stereocenters. The third-order valence-corrected chi connectivity index (χ3v) is 2.98. The summed E-state index contributed by atoms with van der Waals surface area (Å²) in [6.07, 6.45) is 0.743. The fraction of sp³-hybridized carbons (Fsp3) is 0.462. The number of cyclic esters (lactones) is 1. The lowest BCUT2D eigenvalue weighted by atomic mass is 10.1. The SMILES string of the molecule is COc1cccc(C(C)NC2CCOC2=O)c1. The lowest BCUT2D eigenvalue weighted by Gasteiger charge is -2.17. The molecule has 4 heteroatoms. The van der Waals surface area contributed by atoms with Crippen molar-refractivity contribution < 1.29 is 14.3 Å². The molecule has 0 radical (unpaired) electrons. The molecule has 17 heavy (non-hydrogen) atoms. The highest BCUT2D eigenvalue weighted by atomic mass is 16.5. The number of benzene rings is 1. The number of rotatable bonds is 4. The number of ether oxygens (including phenoxy) is 2. The molecule has 1 saturated heterocycles. The summed E-state index contributed by atoms with van der Waals surface area (Å²) >= 11 is 0. The van der Waals surface area contributed by atoms with Gasteiger partial charge in [-0.25, -0.2) is 0 Å². The Bertz CT molecular complexity index is 405. The molecule has 1 heterocycles. The predicted octanol–water partition coefficient (Wildman–Crippen LogP) is 1.66. The number of esters is 1. The fourth-order valence-electron chi connectivity index (χ4n) is 1.96. The van der Waals surface area contributed by atoms with Gasteiger partial charge in [-0.05, 0) is 24.6 Å². The van der Waals surface area contributed by atoms with Gasteiger partial charge in [0.2, 0.25) is 0 Å². The van der Waals surface area contributed by atoms with Crippen molar-refractivity contribution in [3.63, 3.8) is 0 Å². The number of nitrogens with one attached hydrogen (secondary N) is 1. The molecule has 92 valence electrons. The van der Waals surface area contributed by atoms with Gasteiger partial charge >= 0.3 is 5.97 Å². The van der Waals surface area contributed by atoms with E-state index in [1.54, 1.807) is 7.11 Å². The molecule has 4 nitrogen and oxygen atoms in total. The number of carbonyl (C=O) groups is 1. The van der Waals surface area contributed by atoms with Crippen LogP contribution >= 0.6 is 0 Å². The van der Waals surface area contributed by atoms with Crippen LogP contribution < -0.4 is 10.1 Å². The van der Waals surface area contributed by atoms with Gasteiger partial charge in [-0.2, -0.15) is 0 Å². The van der Waals surface area contributed by atoms with Crippen LogP contribution in [0.25, 0.3) is 0 Å². The van der Waals surface area contributed by atoms with Crippen molar-refractivity contribution in [3.8, 4) is 5.75 Å². The van der Waals surface area contributed by atoms with Crippen molar-refractivity contribution in [2.45, 2.75) is 25.4 Å². The molecule has 0 aliphatic carbocycles. The summed E-state index contributed by atoms with van der Waals surface area (Å²) in [6.45, 7) is 2.54. The Morgan fingerprint density at radius 2 is 2.35 bits per heavy atom. The number of hydrogen-bond acceptors (Lipinski definition) is 4. The average molecular weight is 235 g/mol. The van der Waals surface area contributed by atoms with E-state index in [1.165, 1.54) is 0 Å². The van der Waals surface area contributed by atoms with Crippen LogP contribution in [0, 0.1) is 0 Å². The summed E-state index contributed by atoms with van der Waals surface area (Å²) in [4.78, 5) is 11.4. The van der Waals surface area contributed by atoms with E-state index in [0.717, 1.165) is 17.7 Å². The van der Waals surface area contributed by atoms with Gasteiger partial charge in [0.05, 0.1) is 13.7 Å². The van der Waals surface area contributed by atoms with Gasteiger partial charge < -0.3 is 9.47 Å². The average Bonchev–Trinajstić information content (AvgIpc) is 2.75. The molecule has 0 aromatic heterocycles. The second-order valence-electron chi connectivity index (χ2n) is 4.17. The van der Waals surface area contributed by atoms with E-state index < -0.39 is 0 Å². The molecular formula is C13H17NO3. The molecule has 0 saturated carbocycles. The van der Waals surface area contributed by atoms with Gasteiger partial charge in [-0.15, -0.1) is 0 Å². The normalized spacial score (nSPS) is 21.1. The van der Waals surface area contributed by atoms with Crippen LogP contribution in [-0.2, 0) is 9.53 Å². The Hall–Kier alpha value is -1.55. The Morgan fingerprint density at radius 3 is 3.00 bits per heavy atom. The van der Waals surface area contributed by atoms with Crippen LogP contribution in [0.5, 0.6) is 5.75 Å². The van der Waals surface area contributed by atoms with E-state index in [-0.39, 0.29) is 18.1 Å². The van der Waals surface area contributed by atoms with Crippen molar-refractivity contribution >= 4 is 5.97 Å². The maximum Gasteiger partial charge on any atom is 0.323 e. The fourth-order valence-corrected chi connectivity index (χ4v) is 1.96. The number of hydrogen-bond donors (Lipinski definition) is 1. The molecule has 1 fully saturated rings. The molecule has 0 bridgehead atoms. The van der Waals surface area contributed by atoms with Crippen LogP contribution in [0.3, 0.4) is 0 Å². The Kier molecular flexibility index (Phi) is 3.64. The Balaban J connectivity index is 2.03. The molecular weight excluding hydrogens is 218 g/mol. The molecule has 2 rings (SSSR count). The summed E-state index contributed by atoms with van der Waals surface area (Å²) < 4.78 is 10.1.